The number of anilines is 2. The zero-order valence-electron chi connectivity index (χ0n) is 27.5. The van der Waals surface area contributed by atoms with Crippen LogP contribution >= 0.6 is 11.6 Å². The van der Waals surface area contributed by atoms with Gasteiger partial charge in [-0.1, -0.05) is 25.4 Å². The minimum atomic E-state index is -3.93. The Labute approximate surface area is 290 Å². The molecule has 2 N–H and O–H groups in total. The number of fused-ring (bicyclic) bond motifs is 1. The van der Waals surface area contributed by atoms with E-state index in [2.05, 4.69) is 5.32 Å². The number of carbonyl (C=O) groups is 3. The monoisotopic (exact) mass is 711 g/mol. The molecular formula is C35H38ClN3O9S. The zero-order valence-corrected chi connectivity index (χ0v) is 29.1. The van der Waals surface area contributed by atoms with Crippen LogP contribution in [0.15, 0.2) is 77.4 Å². The van der Waals surface area contributed by atoms with E-state index >= 15 is 0 Å². The number of rotatable bonds is 13. The standard InChI is InChI=1S/C35H38ClN3O9S/c1-21(2)23-18-31(48-32(19-23)47-16-14-38(13-15-40)49(44,45)27-9-7-26(46-4)8-10-27)33(41)37-25-6-12-30(22(3)17-25)39-34(42)28-11-5-24(36)20-29(28)35(39)43/h5-12,17-18,20-21,23,32,40H,13-16,19H2,1-4H3,(H,37,41)/t23-,32+/m0/s1. The number of carbonyl (C=O) groups excluding carboxylic acids is 3. The summed E-state index contributed by atoms with van der Waals surface area (Å²) in [5.74, 6) is -0.819. The first-order chi connectivity index (χ1) is 23.3. The SMILES string of the molecule is COc1ccc(S(=O)(=O)N(CCO)CCO[C@H]2C[C@@H](C(C)C)C=C(C(=O)Nc3ccc(N4C(=O)c5ccc(Cl)cc5C4=O)c(C)c3)O2)cc1. The number of imide groups is 1. The van der Waals surface area contributed by atoms with Gasteiger partial charge in [0.2, 0.25) is 16.3 Å². The molecule has 5 rings (SSSR count). The van der Waals surface area contributed by atoms with Crippen molar-refractivity contribution < 1.29 is 42.1 Å². The van der Waals surface area contributed by atoms with Gasteiger partial charge in [0.1, 0.15) is 5.75 Å². The number of amides is 3. The minimum absolute atomic E-state index is 0.0481. The minimum Gasteiger partial charge on any atom is -0.497 e. The smallest absolute Gasteiger partial charge is 0.290 e. The molecule has 0 aromatic heterocycles. The maximum Gasteiger partial charge on any atom is 0.290 e. The van der Waals surface area contributed by atoms with E-state index in [0.717, 1.165) is 9.21 Å². The van der Waals surface area contributed by atoms with Crippen LogP contribution < -0.4 is 15.0 Å². The molecule has 3 aromatic rings. The van der Waals surface area contributed by atoms with E-state index in [1.165, 1.54) is 31.4 Å². The Bertz CT molecular complexity index is 1880. The molecule has 49 heavy (non-hydrogen) atoms. The Morgan fingerprint density at radius 2 is 1.78 bits per heavy atom. The second-order valence-electron chi connectivity index (χ2n) is 12.0. The molecule has 2 aliphatic heterocycles. The van der Waals surface area contributed by atoms with Gasteiger partial charge in [0, 0.05) is 30.2 Å². The molecule has 0 aliphatic carbocycles. The summed E-state index contributed by atoms with van der Waals surface area (Å²) >= 11 is 6.04. The third kappa shape index (κ3) is 7.81. The van der Waals surface area contributed by atoms with Gasteiger partial charge in [-0.2, -0.15) is 4.31 Å². The lowest BCUT2D eigenvalue weighted by molar-refractivity contribution is -0.148. The lowest BCUT2D eigenvalue weighted by Crippen LogP contribution is -2.38. The summed E-state index contributed by atoms with van der Waals surface area (Å²) in [6, 6.07) is 15.3. The molecule has 0 unspecified atom stereocenters. The summed E-state index contributed by atoms with van der Waals surface area (Å²) < 4.78 is 44.7. The fourth-order valence-corrected chi connectivity index (χ4v) is 7.25. The van der Waals surface area contributed by atoms with Crippen molar-refractivity contribution in [3.05, 3.63) is 94.2 Å². The molecule has 0 spiro atoms. The lowest BCUT2D eigenvalue weighted by Gasteiger charge is -2.31. The number of sulfonamides is 1. The normalized spacial score (nSPS) is 17.6. The van der Waals surface area contributed by atoms with Crippen molar-refractivity contribution >= 4 is 50.7 Å². The van der Waals surface area contributed by atoms with Gasteiger partial charge in [0.15, 0.2) is 5.76 Å². The molecule has 12 nitrogen and oxygen atoms in total. The number of nitrogens with one attached hydrogen (secondary N) is 1. The van der Waals surface area contributed by atoms with E-state index in [1.807, 2.05) is 13.8 Å². The van der Waals surface area contributed by atoms with Crippen LogP contribution in [0.3, 0.4) is 0 Å². The molecule has 2 aliphatic rings. The molecule has 2 atom stereocenters. The van der Waals surface area contributed by atoms with Crippen molar-refractivity contribution in [2.24, 2.45) is 11.8 Å². The summed E-state index contributed by atoms with van der Waals surface area (Å²) in [6.45, 7) is 5.13. The highest BCUT2D eigenvalue weighted by molar-refractivity contribution is 7.89. The molecule has 0 fully saturated rings. The van der Waals surface area contributed by atoms with Gasteiger partial charge in [-0.3, -0.25) is 14.4 Å². The average molecular weight is 712 g/mol. The van der Waals surface area contributed by atoms with E-state index < -0.39 is 34.0 Å². The highest BCUT2D eigenvalue weighted by Crippen LogP contribution is 2.34. The van der Waals surface area contributed by atoms with Gasteiger partial charge >= 0.3 is 0 Å². The van der Waals surface area contributed by atoms with Crippen LogP contribution in [0.4, 0.5) is 11.4 Å². The first kappa shape index (κ1) is 36.0. The Kier molecular flexibility index (Phi) is 11.1. The maximum atomic E-state index is 13.4. The van der Waals surface area contributed by atoms with E-state index in [9.17, 15) is 27.9 Å². The third-order valence-electron chi connectivity index (χ3n) is 8.40. The van der Waals surface area contributed by atoms with E-state index in [0.29, 0.717) is 34.1 Å². The average Bonchev–Trinajstić information content (AvgIpc) is 3.32. The molecule has 0 saturated carbocycles. The quantitative estimate of drug-likeness (QED) is 0.234. The van der Waals surface area contributed by atoms with Crippen molar-refractivity contribution in [3.8, 4) is 5.75 Å². The van der Waals surface area contributed by atoms with Crippen molar-refractivity contribution in [1.82, 2.24) is 4.31 Å². The highest BCUT2D eigenvalue weighted by Gasteiger charge is 2.37. The fourth-order valence-electron chi connectivity index (χ4n) is 5.66. The van der Waals surface area contributed by atoms with Crippen molar-refractivity contribution in [2.75, 3.05) is 43.6 Å². The van der Waals surface area contributed by atoms with Gasteiger partial charge < -0.3 is 24.6 Å². The molecule has 260 valence electrons. The number of nitrogens with zero attached hydrogens (tertiary/aromatic N) is 2. The summed E-state index contributed by atoms with van der Waals surface area (Å²) in [7, 11) is -2.45. The summed E-state index contributed by atoms with van der Waals surface area (Å²) in [4.78, 5) is 40.7. The van der Waals surface area contributed by atoms with E-state index in [1.54, 1.807) is 49.4 Å². The van der Waals surface area contributed by atoms with Crippen LogP contribution in [0, 0.1) is 18.8 Å². The lowest BCUT2D eigenvalue weighted by atomic mass is 9.90. The number of hydrogen-bond acceptors (Lipinski definition) is 9. The fraction of sp³-hybridized carbons (Fsp3) is 0.343. The first-order valence-corrected chi connectivity index (χ1v) is 17.5. The number of benzene rings is 3. The zero-order chi connectivity index (χ0) is 35.5. The summed E-state index contributed by atoms with van der Waals surface area (Å²) in [5.41, 5.74) is 1.88. The van der Waals surface area contributed by atoms with Gasteiger partial charge in [-0.25, -0.2) is 13.3 Å². The maximum absolute atomic E-state index is 13.4. The number of allylic oxidation sites excluding steroid dienone is 1. The molecule has 3 aromatic carbocycles. The number of halogens is 1. The largest absolute Gasteiger partial charge is 0.497 e. The van der Waals surface area contributed by atoms with Gasteiger partial charge in [-0.05, 0) is 91.1 Å². The predicted octanol–water partition coefficient (Wildman–Crippen LogP) is 5.00. The van der Waals surface area contributed by atoms with Gasteiger partial charge in [0.25, 0.3) is 17.7 Å². The van der Waals surface area contributed by atoms with Crippen LogP contribution in [0.25, 0.3) is 0 Å². The highest BCUT2D eigenvalue weighted by atomic mass is 35.5. The number of ether oxygens (including phenoxy) is 3. The van der Waals surface area contributed by atoms with Gasteiger partial charge in [-0.15, -0.1) is 0 Å². The molecule has 0 radical (unpaired) electrons. The summed E-state index contributed by atoms with van der Waals surface area (Å²) in [5, 5.41) is 12.7. The molecule has 0 bridgehead atoms. The Hall–Kier alpha value is -4.27. The Morgan fingerprint density at radius 1 is 1.06 bits per heavy atom. The topological polar surface area (TPSA) is 152 Å². The van der Waals surface area contributed by atoms with Crippen molar-refractivity contribution in [2.45, 2.75) is 38.4 Å². The first-order valence-electron chi connectivity index (χ1n) is 15.7. The number of methoxy groups -OCH3 is 1. The second-order valence-corrected chi connectivity index (χ2v) is 14.4. The molecule has 14 heteroatoms. The summed E-state index contributed by atoms with van der Waals surface area (Å²) in [6.07, 6.45) is 1.36. The third-order valence-corrected chi connectivity index (χ3v) is 10.6. The van der Waals surface area contributed by atoms with Crippen molar-refractivity contribution in [3.63, 3.8) is 0 Å². The van der Waals surface area contributed by atoms with Gasteiger partial charge in [0.05, 0.1) is 42.0 Å². The van der Waals surface area contributed by atoms with Crippen molar-refractivity contribution in [1.29, 1.82) is 0 Å². The predicted molar refractivity (Wildman–Crippen MR) is 183 cm³/mol. The number of aliphatic hydroxyl groups excluding tert-OH is 1. The molecule has 2 heterocycles. The molecule has 0 saturated heterocycles. The second kappa shape index (κ2) is 15.1. The van der Waals surface area contributed by atoms with Crippen LogP contribution in [0.1, 0.15) is 46.5 Å². The Balaban J connectivity index is 1.24. The number of aliphatic hydroxyl groups is 1. The van der Waals surface area contributed by atoms with Crippen LogP contribution in [0.2, 0.25) is 5.02 Å². The Morgan fingerprint density at radius 3 is 2.43 bits per heavy atom. The molecule has 3 amide bonds. The van der Waals surface area contributed by atoms with Crippen LogP contribution in [-0.4, -0.2) is 75.3 Å². The van der Waals surface area contributed by atoms with E-state index in [-0.39, 0.29) is 59.9 Å². The number of aryl methyl sites for hydroxylation is 1. The number of hydrogen-bond donors (Lipinski definition) is 2. The van der Waals surface area contributed by atoms with Crippen LogP contribution in [-0.2, 0) is 24.3 Å². The van der Waals surface area contributed by atoms with Crippen LogP contribution in [0.5, 0.6) is 5.75 Å². The molecular weight excluding hydrogens is 674 g/mol. The van der Waals surface area contributed by atoms with E-state index in [4.69, 9.17) is 25.8 Å².